The van der Waals surface area contributed by atoms with Gasteiger partial charge in [0.05, 0.1) is 5.69 Å². The summed E-state index contributed by atoms with van der Waals surface area (Å²) in [5.74, 6) is 0.0545. The maximum Gasteiger partial charge on any atom is 0.255 e. The number of rotatable bonds is 6. The zero-order chi connectivity index (χ0) is 17.5. The summed E-state index contributed by atoms with van der Waals surface area (Å²) in [7, 11) is 0. The molecule has 2 aromatic rings. The number of amides is 2. The Kier molecular flexibility index (Phi) is 6.03. The van der Waals surface area contributed by atoms with Gasteiger partial charge in [0.15, 0.2) is 0 Å². The van der Waals surface area contributed by atoms with Crippen molar-refractivity contribution in [2.75, 3.05) is 10.6 Å². The van der Waals surface area contributed by atoms with E-state index in [2.05, 4.69) is 15.6 Å². The van der Waals surface area contributed by atoms with Crippen molar-refractivity contribution < 1.29 is 9.59 Å². The summed E-state index contributed by atoms with van der Waals surface area (Å²) in [5, 5.41) is 5.63. The minimum Gasteiger partial charge on any atom is -0.326 e. The van der Waals surface area contributed by atoms with Crippen LogP contribution in [0.1, 0.15) is 36.3 Å². The number of nitrogens with zero attached hydrogens (tertiary/aromatic N) is 1. The van der Waals surface area contributed by atoms with Crippen LogP contribution in [0, 0.1) is 5.92 Å². The highest BCUT2D eigenvalue weighted by atomic mass is 16.2. The number of aromatic nitrogens is 1. The smallest absolute Gasteiger partial charge is 0.255 e. The van der Waals surface area contributed by atoms with E-state index in [1.807, 2.05) is 13.8 Å². The van der Waals surface area contributed by atoms with E-state index in [0.717, 1.165) is 0 Å². The molecule has 0 unspecified atom stereocenters. The fourth-order valence-corrected chi connectivity index (χ4v) is 2.15. The fraction of sp³-hybridized carbons (Fsp3) is 0.278. The molecule has 0 radical (unpaired) electrons. The Morgan fingerprint density at radius 2 is 1.71 bits per heavy atom. The van der Waals surface area contributed by atoms with E-state index in [-0.39, 0.29) is 18.4 Å². The van der Waals surface area contributed by atoms with E-state index in [4.69, 9.17) is 5.73 Å². The van der Waals surface area contributed by atoms with Crippen LogP contribution in [0.15, 0.2) is 42.6 Å². The third-order valence-electron chi connectivity index (χ3n) is 3.31. The molecule has 2 amide bonds. The number of benzene rings is 1. The van der Waals surface area contributed by atoms with Gasteiger partial charge in [-0.05, 0) is 42.3 Å². The van der Waals surface area contributed by atoms with Gasteiger partial charge in [0.1, 0.15) is 0 Å². The van der Waals surface area contributed by atoms with Gasteiger partial charge in [-0.2, -0.15) is 0 Å². The predicted octanol–water partition coefficient (Wildman–Crippen LogP) is 2.78. The topological polar surface area (TPSA) is 97.1 Å². The molecular formula is C18H22N4O2. The van der Waals surface area contributed by atoms with Crippen molar-refractivity contribution in [3.63, 3.8) is 0 Å². The first-order valence-electron chi connectivity index (χ1n) is 7.84. The molecule has 126 valence electrons. The Morgan fingerprint density at radius 3 is 2.29 bits per heavy atom. The Hall–Kier alpha value is -2.73. The van der Waals surface area contributed by atoms with E-state index >= 15 is 0 Å². The van der Waals surface area contributed by atoms with Crippen molar-refractivity contribution in [3.8, 4) is 0 Å². The summed E-state index contributed by atoms with van der Waals surface area (Å²) in [5.41, 5.74) is 8.04. The average Bonchev–Trinajstić information content (AvgIpc) is 2.56. The molecule has 0 fully saturated rings. The standard InChI is InChI=1S/C18H22N4O2/c1-12(2)9-17(23)21-14-3-5-15(6-4-14)22-18(24)13-7-8-20-16(10-13)11-19/h3-8,10,12H,9,11,19H2,1-2H3,(H,21,23)(H,22,24). The average molecular weight is 326 g/mol. The molecule has 1 heterocycles. The first-order chi connectivity index (χ1) is 11.5. The van der Waals surface area contributed by atoms with Crippen LogP contribution in [0.3, 0.4) is 0 Å². The number of hydrogen-bond acceptors (Lipinski definition) is 4. The van der Waals surface area contributed by atoms with Gasteiger partial charge in [-0.1, -0.05) is 13.8 Å². The Bertz CT molecular complexity index is 711. The highest BCUT2D eigenvalue weighted by Gasteiger charge is 2.08. The van der Waals surface area contributed by atoms with Gasteiger partial charge in [0, 0.05) is 36.1 Å². The molecule has 24 heavy (non-hydrogen) atoms. The number of nitrogens with two attached hydrogens (primary N) is 1. The first-order valence-corrected chi connectivity index (χ1v) is 7.84. The van der Waals surface area contributed by atoms with Gasteiger partial charge in [-0.3, -0.25) is 14.6 Å². The number of carbonyl (C=O) groups is 2. The normalized spacial score (nSPS) is 10.5. The zero-order valence-electron chi connectivity index (χ0n) is 13.9. The molecule has 0 atom stereocenters. The molecule has 2 rings (SSSR count). The quantitative estimate of drug-likeness (QED) is 0.760. The molecule has 0 aliphatic rings. The monoisotopic (exact) mass is 326 g/mol. The van der Waals surface area contributed by atoms with Crippen LogP contribution in [-0.2, 0) is 11.3 Å². The van der Waals surface area contributed by atoms with Gasteiger partial charge in [-0.15, -0.1) is 0 Å². The van der Waals surface area contributed by atoms with Gasteiger partial charge in [0.25, 0.3) is 5.91 Å². The van der Waals surface area contributed by atoms with E-state index < -0.39 is 0 Å². The highest BCUT2D eigenvalue weighted by molar-refractivity contribution is 6.04. The largest absolute Gasteiger partial charge is 0.326 e. The lowest BCUT2D eigenvalue weighted by Crippen LogP contribution is -2.14. The third-order valence-corrected chi connectivity index (χ3v) is 3.31. The summed E-state index contributed by atoms with van der Waals surface area (Å²) in [6.07, 6.45) is 2.04. The molecule has 0 spiro atoms. The maximum atomic E-state index is 12.2. The van der Waals surface area contributed by atoms with Gasteiger partial charge >= 0.3 is 0 Å². The third kappa shape index (κ3) is 5.17. The molecule has 0 saturated carbocycles. The van der Waals surface area contributed by atoms with Crippen molar-refractivity contribution in [2.24, 2.45) is 11.7 Å². The summed E-state index contributed by atoms with van der Waals surface area (Å²) in [4.78, 5) is 28.0. The van der Waals surface area contributed by atoms with Crippen LogP contribution in [-0.4, -0.2) is 16.8 Å². The van der Waals surface area contributed by atoms with Crippen LogP contribution in [0.5, 0.6) is 0 Å². The molecule has 1 aromatic heterocycles. The number of anilines is 2. The van der Waals surface area contributed by atoms with E-state index in [1.54, 1.807) is 42.6 Å². The zero-order valence-corrected chi connectivity index (χ0v) is 13.9. The summed E-state index contributed by atoms with van der Waals surface area (Å²) in [6, 6.07) is 10.3. The number of nitrogens with one attached hydrogen (secondary N) is 2. The first kappa shape index (κ1) is 17.6. The molecule has 1 aromatic carbocycles. The van der Waals surface area contributed by atoms with Crippen molar-refractivity contribution >= 4 is 23.2 Å². The maximum absolute atomic E-state index is 12.2. The van der Waals surface area contributed by atoms with Crippen molar-refractivity contribution in [3.05, 3.63) is 53.9 Å². The van der Waals surface area contributed by atoms with Crippen LogP contribution in [0.4, 0.5) is 11.4 Å². The lowest BCUT2D eigenvalue weighted by atomic mass is 10.1. The number of carbonyl (C=O) groups excluding carboxylic acids is 2. The molecule has 0 aliphatic heterocycles. The second-order valence-corrected chi connectivity index (χ2v) is 5.92. The van der Waals surface area contributed by atoms with E-state index in [9.17, 15) is 9.59 Å². The Labute approximate surface area is 141 Å². The van der Waals surface area contributed by atoms with Gasteiger partial charge in [0.2, 0.25) is 5.91 Å². The van der Waals surface area contributed by atoms with Gasteiger partial charge in [-0.25, -0.2) is 0 Å². The number of pyridine rings is 1. The second-order valence-electron chi connectivity index (χ2n) is 5.92. The lowest BCUT2D eigenvalue weighted by Gasteiger charge is -2.09. The van der Waals surface area contributed by atoms with Crippen LogP contribution in [0.25, 0.3) is 0 Å². The van der Waals surface area contributed by atoms with Crippen molar-refractivity contribution in [2.45, 2.75) is 26.8 Å². The van der Waals surface area contributed by atoms with Crippen LogP contribution < -0.4 is 16.4 Å². The van der Waals surface area contributed by atoms with Crippen molar-refractivity contribution in [1.82, 2.24) is 4.98 Å². The minimum absolute atomic E-state index is 0.0205. The Morgan fingerprint density at radius 1 is 1.08 bits per heavy atom. The molecule has 0 saturated heterocycles. The van der Waals surface area contributed by atoms with Crippen LogP contribution in [0.2, 0.25) is 0 Å². The van der Waals surface area contributed by atoms with Crippen molar-refractivity contribution in [1.29, 1.82) is 0 Å². The second kappa shape index (κ2) is 8.21. The molecule has 4 N–H and O–H groups in total. The molecule has 0 aliphatic carbocycles. The number of hydrogen-bond donors (Lipinski definition) is 3. The lowest BCUT2D eigenvalue weighted by molar-refractivity contribution is -0.116. The fourth-order valence-electron chi connectivity index (χ4n) is 2.15. The summed E-state index contributed by atoms with van der Waals surface area (Å²) < 4.78 is 0. The summed E-state index contributed by atoms with van der Waals surface area (Å²) in [6.45, 7) is 4.27. The molecular weight excluding hydrogens is 304 g/mol. The molecule has 6 nitrogen and oxygen atoms in total. The predicted molar refractivity (Wildman–Crippen MR) is 94.6 cm³/mol. The van der Waals surface area contributed by atoms with Gasteiger partial charge < -0.3 is 16.4 Å². The SMILES string of the molecule is CC(C)CC(=O)Nc1ccc(NC(=O)c2ccnc(CN)c2)cc1. The highest BCUT2D eigenvalue weighted by Crippen LogP contribution is 2.15. The molecule has 0 bridgehead atoms. The Balaban J connectivity index is 1.98. The van der Waals surface area contributed by atoms with E-state index in [0.29, 0.717) is 35.0 Å². The van der Waals surface area contributed by atoms with E-state index in [1.165, 1.54) is 0 Å². The summed E-state index contributed by atoms with van der Waals surface area (Å²) >= 11 is 0. The minimum atomic E-state index is -0.233. The van der Waals surface area contributed by atoms with Crippen LogP contribution >= 0.6 is 0 Å². The molecule has 6 heteroatoms.